The van der Waals surface area contributed by atoms with Gasteiger partial charge < -0.3 is 14.6 Å². The highest BCUT2D eigenvalue weighted by atomic mass is 16.8. The van der Waals surface area contributed by atoms with E-state index in [1.807, 2.05) is 0 Å². The zero-order valence-corrected chi connectivity index (χ0v) is 7.14. The van der Waals surface area contributed by atoms with Crippen LogP contribution in [-0.4, -0.2) is 24.7 Å². The molecule has 4 heteroatoms. The Morgan fingerprint density at radius 3 is 2.54 bits per heavy atom. The number of carbonyl (C=O) groups excluding carboxylic acids is 1. The Kier molecular flexibility index (Phi) is 3.42. The lowest BCUT2D eigenvalue weighted by molar-refractivity contribution is -0.218. The molecule has 1 aromatic rings. The SMILES string of the molecule is COC(O)OC(=O)c1ccccc1. The number of esters is 1. The molecule has 0 aliphatic heterocycles. The number of aliphatic hydroxyl groups is 1. The molecule has 1 aromatic carbocycles. The van der Waals surface area contributed by atoms with Crippen molar-refractivity contribution in [1.82, 2.24) is 0 Å². The third-order valence-electron chi connectivity index (χ3n) is 1.42. The number of rotatable bonds is 3. The van der Waals surface area contributed by atoms with Crippen LogP contribution in [0.1, 0.15) is 10.4 Å². The molecule has 0 aromatic heterocycles. The summed E-state index contributed by atoms with van der Waals surface area (Å²) in [5, 5.41) is 8.82. The lowest BCUT2D eigenvalue weighted by atomic mass is 10.2. The molecular weight excluding hydrogens is 172 g/mol. The predicted octanol–water partition coefficient (Wildman–Crippen LogP) is 0.766. The monoisotopic (exact) mass is 182 g/mol. The Labute approximate surface area is 75.7 Å². The van der Waals surface area contributed by atoms with Gasteiger partial charge in [0.2, 0.25) is 0 Å². The van der Waals surface area contributed by atoms with Crippen LogP contribution in [0.2, 0.25) is 0 Å². The maximum Gasteiger partial charge on any atom is 0.342 e. The van der Waals surface area contributed by atoms with Gasteiger partial charge in [-0.2, -0.15) is 0 Å². The van der Waals surface area contributed by atoms with Gasteiger partial charge in [0.25, 0.3) is 0 Å². The molecule has 0 spiro atoms. The van der Waals surface area contributed by atoms with E-state index in [0.717, 1.165) is 0 Å². The topological polar surface area (TPSA) is 55.8 Å². The summed E-state index contributed by atoms with van der Waals surface area (Å²) in [4.78, 5) is 11.2. The van der Waals surface area contributed by atoms with Crippen LogP contribution in [0.5, 0.6) is 0 Å². The first kappa shape index (κ1) is 9.70. The number of carbonyl (C=O) groups is 1. The highest BCUT2D eigenvalue weighted by Gasteiger charge is 2.10. The van der Waals surface area contributed by atoms with Crippen molar-refractivity contribution in [3.8, 4) is 0 Å². The van der Waals surface area contributed by atoms with E-state index in [9.17, 15) is 4.79 Å². The zero-order chi connectivity index (χ0) is 9.68. The second kappa shape index (κ2) is 4.59. The zero-order valence-electron chi connectivity index (χ0n) is 7.14. The molecular formula is C9H10O4. The quantitative estimate of drug-likeness (QED) is 0.554. The number of ether oxygens (including phenoxy) is 2. The van der Waals surface area contributed by atoms with Gasteiger partial charge in [0, 0.05) is 7.11 Å². The van der Waals surface area contributed by atoms with Gasteiger partial charge in [-0.3, -0.25) is 0 Å². The molecule has 1 rings (SSSR count). The van der Waals surface area contributed by atoms with Crippen LogP contribution in [0.3, 0.4) is 0 Å². The normalized spacial score (nSPS) is 12.2. The maximum atomic E-state index is 11.2. The number of methoxy groups -OCH3 is 1. The first-order valence-electron chi connectivity index (χ1n) is 3.71. The van der Waals surface area contributed by atoms with Crippen molar-refractivity contribution in [3.63, 3.8) is 0 Å². The smallest absolute Gasteiger partial charge is 0.342 e. The van der Waals surface area contributed by atoms with E-state index in [1.165, 1.54) is 7.11 Å². The first-order valence-corrected chi connectivity index (χ1v) is 3.71. The van der Waals surface area contributed by atoms with E-state index in [2.05, 4.69) is 9.47 Å². The molecule has 0 aliphatic rings. The van der Waals surface area contributed by atoms with Crippen molar-refractivity contribution in [1.29, 1.82) is 0 Å². The van der Waals surface area contributed by atoms with Crippen LogP contribution in [0.15, 0.2) is 30.3 Å². The van der Waals surface area contributed by atoms with E-state index in [4.69, 9.17) is 5.11 Å². The van der Waals surface area contributed by atoms with E-state index in [0.29, 0.717) is 5.56 Å². The average molecular weight is 182 g/mol. The van der Waals surface area contributed by atoms with Crippen LogP contribution in [0, 0.1) is 0 Å². The van der Waals surface area contributed by atoms with Gasteiger partial charge >= 0.3 is 12.4 Å². The lowest BCUT2D eigenvalue weighted by Crippen LogP contribution is -2.19. The van der Waals surface area contributed by atoms with Gasteiger partial charge in [-0.05, 0) is 12.1 Å². The van der Waals surface area contributed by atoms with Crippen molar-refractivity contribution < 1.29 is 19.4 Å². The largest absolute Gasteiger partial charge is 0.407 e. The Morgan fingerprint density at radius 1 is 1.38 bits per heavy atom. The summed E-state index contributed by atoms with van der Waals surface area (Å²) >= 11 is 0. The minimum absolute atomic E-state index is 0.374. The Balaban J connectivity index is 2.59. The summed E-state index contributed by atoms with van der Waals surface area (Å²) in [6.07, 6.45) is 0. The van der Waals surface area contributed by atoms with E-state index >= 15 is 0 Å². The summed E-state index contributed by atoms with van der Waals surface area (Å²) in [6, 6.07) is 8.37. The Hall–Kier alpha value is -1.39. The minimum Gasteiger partial charge on any atom is -0.407 e. The molecule has 0 heterocycles. The van der Waals surface area contributed by atoms with Gasteiger partial charge in [-0.15, -0.1) is 0 Å². The standard InChI is InChI=1S/C9H10O4/c1-12-9(11)13-8(10)7-5-3-2-4-6-7/h2-6,9,11H,1H3. The number of hydrogen-bond donors (Lipinski definition) is 1. The fourth-order valence-electron chi connectivity index (χ4n) is 0.782. The molecule has 0 aliphatic carbocycles. The molecule has 0 saturated heterocycles. The van der Waals surface area contributed by atoms with Crippen LogP contribution < -0.4 is 0 Å². The third kappa shape index (κ3) is 2.85. The number of aliphatic hydroxyl groups excluding tert-OH is 1. The first-order chi connectivity index (χ1) is 6.24. The third-order valence-corrected chi connectivity index (χ3v) is 1.42. The van der Waals surface area contributed by atoms with Gasteiger partial charge in [0.1, 0.15) is 0 Å². The minimum atomic E-state index is -1.51. The van der Waals surface area contributed by atoms with Crippen molar-refractivity contribution in [2.24, 2.45) is 0 Å². The molecule has 0 saturated carbocycles. The fourth-order valence-corrected chi connectivity index (χ4v) is 0.782. The summed E-state index contributed by atoms with van der Waals surface area (Å²) < 4.78 is 8.83. The van der Waals surface area contributed by atoms with Gasteiger partial charge in [0.15, 0.2) is 0 Å². The van der Waals surface area contributed by atoms with Gasteiger partial charge in [0.05, 0.1) is 5.56 Å². The number of benzene rings is 1. The van der Waals surface area contributed by atoms with Gasteiger partial charge in [-0.1, -0.05) is 18.2 Å². The van der Waals surface area contributed by atoms with Crippen LogP contribution in [0.4, 0.5) is 0 Å². The molecule has 0 fully saturated rings. The van der Waals surface area contributed by atoms with Crippen LogP contribution in [-0.2, 0) is 9.47 Å². The van der Waals surface area contributed by atoms with Crippen molar-refractivity contribution in [2.45, 2.75) is 6.48 Å². The maximum absolute atomic E-state index is 11.2. The van der Waals surface area contributed by atoms with E-state index in [1.54, 1.807) is 30.3 Å². The molecule has 1 atom stereocenters. The van der Waals surface area contributed by atoms with Crippen molar-refractivity contribution in [3.05, 3.63) is 35.9 Å². The number of hydrogen-bond acceptors (Lipinski definition) is 4. The Bertz CT molecular complexity index is 270. The highest BCUT2D eigenvalue weighted by molar-refractivity contribution is 5.89. The summed E-state index contributed by atoms with van der Waals surface area (Å²) in [5.41, 5.74) is 0.374. The van der Waals surface area contributed by atoms with Gasteiger partial charge in [-0.25, -0.2) is 4.79 Å². The summed E-state index contributed by atoms with van der Waals surface area (Å²) in [5.74, 6) is -0.616. The molecule has 0 amide bonds. The molecule has 13 heavy (non-hydrogen) atoms. The van der Waals surface area contributed by atoms with Crippen LogP contribution >= 0.6 is 0 Å². The highest BCUT2D eigenvalue weighted by Crippen LogP contribution is 2.02. The summed E-state index contributed by atoms with van der Waals surface area (Å²) in [7, 11) is 1.24. The predicted molar refractivity (Wildman–Crippen MR) is 44.9 cm³/mol. The second-order valence-corrected chi connectivity index (χ2v) is 2.31. The van der Waals surface area contributed by atoms with Crippen LogP contribution in [0.25, 0.3) is 0 Å². The average Bonchev–Trinajstić information content (AvgIpc) is 2.19. The van der Waals surface area contributed by atoms with Crippen molar-refractivity contribution >= 4 is 5.97 Å². The molecule has 4 nitrogen and oxygen atoms in total. The van der Waals surface area contributed by atoms with Crippen molar-refractivity contribution in [2.75, 3.05) is 7.11 Å². The second-order valence-electron chi connectivity index (χ2n) is 2.31. The molecule has 1 unspecified atom stereocenters. The molecule has 70 valence electrons. The Morgan fingerprint density at radius 2 is 2.00 bits per heavy atom. The molecule has 0 bridgehead atoms. The summed E-state index contributed by atoms with van der Waals surface area (Å²) in [6.45, 7) is -1.51. The van der Waals surface area contributed by atoms with E-state index in [-0.39, 0.29) is 0 Å². The fraction of sp³-hybridized carbons (Fsp3) is 0.222. The lowest BCUT2D eigenvalue weighted by Gasteiger charge is -2.08. The molecule has 1 N–H and O–H groups in total. The van der Waals surface area contributed by atoms with E-state index < -0.39 is 12.4 Å². The molecule has 0 radical (unpaired) electrons.